The molecule has 0 radical (unpaired) electrons. The van der Waals surface area contributed by atoms with Crippen molar-refractivity contribution in [3.8, 4) is 5.75 Å². The van der Waals surface area contributed by atoms with Crippen molar-refractivity contribution >= 4 is 25.3 Å². The second-order valence-corrected chi connectivity index (χ2v) is 11.7. The van der Waals surface area contributed by atoms with Crippen LogP contribution in [-0.2, 0) is 4.74 Å². The van der Waals surface area contributed by atoms with Gasteiger partial charge < -0.3 is 9.16 Å². The van der Waals surface area contributed by atoms with Gasteiger partial charge in [-0.2, -0.15) is 0 Å². The summed E-state index contributed by atoms with van der Waals surface area (Å²) >= 11 is 0. The molecule has 2 rings (SSSR count). The summed E-state index contributed by atoms with van der Waals surface area (Å²) in [6, 6.07) is 10.1. The van der Waals surface area contributed by atoms with Crippen molar-refractivity contribution in [1.82, 2.24) is 4.98 Å². The van der Waals surface area contributed by atoms with Gasteiger partial charge in [-0.05, 0) is 36.3 Å². The number of hydrogen-bond acceptors (Lipinski definition) is 3. The van der Waals surface area contributed by atoms with Crippen molar-refractivity contribution in [2.24, 2.45) is 0 Å². The zero-order chi connectivity index (χ0) is 16.4. The Morgan fingerprint density at radius 1 is 1.09 bits per heavy atom. The van der Waals surface area contributed by atoms with E-state index in [1.54, 1.807) is 13.4 Å². The van der Waals surface area contributed by atoms with Crippen LogP contribution in [0.1, 0.15) is 26.5 Å². The van der Waals surface area contributed by atoms with Crippen molar-refractivity contribution < 1.29 is 9.16 Å². The molecule has 0 spiro atoms. The van der Waals surface area contributed by atoms with Crippen LogP contribution < -0.4 is 4.43 Å². The van der Waals surface area contributed by atoms with Crippen LogP contribution in [0.2, 0.25) is 18.1 Å². The molecule has 0 aliphatic heterocycles. The van der Waals surface area contributed by atoms with E-state index in [-0.39, 0.29) is 5.04 Å². The zero-order valence-electron chi connectivity index (χ0n) is 14.3. The number of pyridine rings is 1. The van der Waals surface area contributed by atoms with E-state index >= 15 is 0 Å². The Balaban J connectivity index is 2.47. The summed E-state index contributed by atoms with van der Waals surface area (Å²) in [6.45, 7) is 11.2. The van der Waals surface area contributed by atoms with Gasteiger partial charge in [0.25, 0.3) is 8.32 Å². The van der Waals surface area contributed by atoms with E-state index in [9.17, 15) is 0 Å². The fourth-order valence-electron chi connectivity index (χ4n) is 1.88. The molecule has 22 heavy (non-hydrogen) atoms. The van der Waals surface area contributed by atoms with Crippen LogP contribution in [-0.4, -0.2) is 20.4 Å². The first-order chi connectivity index (χ1) is 10.2. The molecule has 0 aliphatic carbocycles. The first-order valence-electron chi connectivity index (χ1n) is 7.53. The maximum atomic E-state index is 6.46. The van der Waals surface area contributed by atoms with E-state index in [1.807, 2.05) is 24.3 Å². The molecule has 0 saturated heterocycles. The van der Waals surface area contributed by atoms with Crippen LogP contribution in [0.4, 0.5) is 0 Å². The quantitative estimate of drug-likeness (QED) is 0.571. The highest BCUT2D eigenvalue weighted by Gasteiger charge is 2.39. The Morgan fingerprint density at radius 3 is 2.45 bits per heavy atom. The van der Waals surface area contributed by atoms with Crippen LogP contribution in [0.3, 0.4) is 0 Å². The van der Waals surface area contributed by atoms with Crippen molar-refractivity contribution in [3.05, 3.63) is 42.3 Å². The third-order valence-electron chi connectivity index (χ3n) is 4.25. The summed E-state index contributed by atoms with van der Waals surface area (Å²) in [7, 11) is -0.260. The maximum absolute atomic E-state index is 6.46. The van der Waals surface area contributed by atoms with E-state index in [0.29, 0.717) is 0 Å². The number of benzene rings is 1. The number of hydrogen-bond donors (Lipinski definition) is 0. The summed E-state index contributed by atoms with van der Waals surface area (Å²) in [5.74, 6) is 0.872. The Labute approximate surface area is 134 Å². The van der Waals surface area contributed by atoms with Gasteiger partial charge in [-0.25, -0.2) is 4.98 Å². The van der Waals surface area contributed by atoms with Gasteiger partial charge >= 0.3 is 0 Å². The van der Waals surface area contributed by atoms with E-state index < -0.39 is 8.32 Å². The molecule has 0 aliphatic rings. The van der Waals surface area contributed by atoms with Crippen LogP contribution in [0.15, 0.2) is 36.6 Å². The minimum atomic E-state index is -1.89. The molecule has 1 aromatic carbocycles. The molecule has 1 heterocycles. The number of ether oxygens (including phenoxy) is 1. The molecule has 0 saturated carbocycles. The molecular formula is C18H25NO2Si. The molecule has 4 heteroatoms. The maximum Gasteiger partial charge on any atom is 0.250 e. The largest absolute Gasteiger partial charge is 0.542 e. The fourth-order valence-corrected chi connectivity index (χ4v) is 2.90. The number of aromatic nitrogens is 1. The predicted molar refractivity (Wildman–Crippen MR) is 95.6 cm³/mol. The lowest BCUT2D eigenvalue weighted by Crippen LogP contribution is -2.43. The standard InChI is InChI=1S/C18H25NO2Si/c1-18(2,3)22(5,6)21-16-9-7-8-14-10-11-15(12-13-20-4)19-17(14)16/h7-13H,1-6H3/b13-12+. The topological polar surface area (TPSA) is 31.4 Å². The highest BCUT2D eigenvalue weighted by atomic mass is 28.4. The average molecular weight is 315 g/mol. The second-order valence-electron chi connectivity index (χ2n) is 6.96. The van der Waals surface area contributed by atoms with E-state index in [2.05, 4.69) is 46.0 Å². The van der Waals surface area contributed by atoms with Gasteiger partial charge in [0.1, 0.15) is 11.3 Å². The van der Waals surface area contributed by atoms with Gasteiger partial charge in [0.15, 0.2) is 0 Å². The SMILES string of the molecule is CO/C=C/c1ccc2cccc(O[Si](C)(C)C(C)(C)C)c2n1. The van der Waals surface area contributed by atoms with E-state index in [4.69, 9.17) is 14.1 Å². The molecule has 1 aromatic heterocycles. The van der Waals surface area contributed by atoms with Crippen LogP contribution in [0, 0.1) is 0 Å². The highest BCUT2D eigenvalue weighted by molar-refractivity contribution is 6.74. The second kappa shape index (κ2) is 6.13. The number of nitrogens with zero attached hydrogens (tertiary/aromatic N) is 1. The Bertz CT molecular complexity index is 687. The van der Waals surface area contributed by atoms with Crippen LogP contribution in [0.5, 0.6) is 5.75 Å². The highest BCUT2D eigenvalue weighted by Crippen LogP contribution is 2.38. The Kier molecular flexibility index (Phi) is 4.61. The Hall–Kier alpha value is -1.81. The molecule has 0 amide bonds. The molecule has 0 N–H and O–H groups in total. The summed E-state index contributed by atoms with van der Waals surface area (Å²) < 4.78 is 11.4. The lowest BCUT2D eigenvalue weighted by Gasteiger charge is -2.36. The first-order valence-corrected chi connectivity index (χ1v) is 10.4. The van der Waals surface area contributed by atoms with E-state index in [0.717, 1.165) is 22.3 Å². The van der Waals surface area contributed by atoms with Crippen molar-refractivity contribution in [2.45, 2.75) is 38.9 Å². The normalized spacial score (nSPS) is 12.8. The van der Waals surface area contributed by atoms with Gasteiger partial charge in [0.2, 0.25) is 0 Å². The molecule has 0 bridgehead atoms. The van der Waals surface area contributed by atoms with E-state index in [1.165, 1.54) is 0 Å². The summed E-state index contributed by atoms with van der Waals surface area (Å²) in [5, 5.41) is 1.24. The third-order valence-corrected chi connectivity index (χ3v) is 8.59. The van der Waals surface area contributed by atoms with Gasteiger partial charge in [-0.3, -0.25) is 0 Å². The molecular weight excluding hydrogens is 290 g/mol. The molecule has 0 atom stereocenters. The van der Waals surface area contributed by atoms with Gasteiger partial charge in [-0.15, -0.1) is 0 Å². The first kappa shape index (κ1) is 16.6. The Morgan fingerprint density at radius 2 is 1.82 bits per heavy atom. The molecule has 2 aromatic rings. The summed E-state index contributed by atoms with van der Waals surface area (Å²) in [5.41, 5.74) is 1.77. The fraction of sp³-hybridized carbons (Fsp3) is 0.389. The summed E-state index contributed by atoms with van der Waals surface area (Å²) in [6.07, 6.45) is 3.48. The third kappa shape index (κ3) is 3.50. The predicted octanol–water partition coefficient (Wildman–Crippen LogP) is 5.24. The van der Waals surface area contributed by atoms with Crippen molar-refractivity contribution in [1.29, 1.82) is 0 Å². The molecule has 3 nitrogen and oxygen atoms in total. The molecule has 0 fully saturated rings. The number of para-hydroxylation sites is 1. The number of rotatable bonds is 4. The van der Waals surface area contributed by atoms with Crippen molar-refractivity contribution in [2.75, 3.05) is 7.11 Å². The number of fused-ring (bicyclic) bond motifs is 1. The average Bonchev–Trinajstić information content (AvgIpc) is 2.44. The zero-order valence-corrected chi connectivity index (χ0v) is 15.3. The van der Waals surface area contributed by atoms with Crippen molar-refractivity contribution in [3.63, 3.8) is 0 Å². The lowest BCUT2D eigenvalue weighted by atomic mass is 10.2. The van der Waals surface area contributed by atoms with Crippen LogP contribution >= 0.6 is 0 Å². The van der Waals surface area contributed by atoms with Crippen LogP contribution in [0.25, 0.3) is 17.0 Å². The number of methoxy groups -OCH3 is 1. The van der Waals surface area contributed by atoms with Gasteiger partial charge in [-0.1, -0.05) is 39.0 Å². The lowest BCUT2D eigenvalue weighted by molar-refractivity contribution is 0.341. The minimum absolute atomic E-state index is 0.155. The minimum Gasteiger partial charge on any atom is -0.542 e. The smallest absolute Gasteiger partial charge is 0.250 e. The molecule has 118 valence electrons. The molecule has 0 unspecified atom stereocenters. The summed E-state index contributed by atoms with van der Waals surface area (Å²) in [4.78, 5) is 4.71. The monoisotopic (exact) mass is 315 g/mol. The van der Waals surface area contributed by atoms with Gasteiger partial charge in [0, 0.05) is 5.39 Å². The van der Waals surface area contributed by atoms with Gasteiger partial charge in [0.05, 0.1) is 19.1 Å².